The summed E-state index contributed by atoms with van der Waals surface area (Å²) in [6, 6.07) is 17.1. The van der Waals surface area contributed by atoms with Crippen LogP contribution >= 0.6 is 0 Å². The number of pyridine rings is 1. The van der Waals surface area contributed by atoms with E-state index >= 15 is 0 Å². The third-order valence-electron chi connectivity index (χ3n) is 3.31. The lowest BCUT2D eigenvalue weighted by Gasteiger charge is -2.06. The van der Waals surface area contributed by atoms with Gasteiger partial charge >= 0.3 is 0 Å². The van der Waals surface area contributed by atoms with Gasteiger partial charge in [0.05, 0.1) is 11.2 Å². The third-order valence-corrected chi connectivity index (χ3v) is 3.31. The maximum Gasteiger partial charge on any atom is 0.128 e. The zero-order valence-corrected chi connectivity index (χ0v) is 11.2. The molecule has 1 N–H and O–H groups in total. The van der Waals surface area contributed by atoms with Crippen molar-refractivity contribution in [2.45, 2.75) is 6.54 Å². The van der Waals surface area contributed by atoms with Crippen molar-refractivity contribution in [1.29, 1.82) is 0 Å². The topological polar surface area (TPSA) is 24.9 Å². The third kappa shape index (κ3) is 2.40. The van der Waals surface area contributed by atoms with Crippen molar-refractivity contribution < 1.29 is 4.39 Å². The summed E-state index contributed by atoms with van der Waals surface area (Å²) in [7, 11) is 1.80. The molecule has 0 saturated heterocycles. The van der Waals surface area contributed by atoms with Gasteiger partial charge in [-0.25, -0.2) is 9.37 Å². The van der Waals surface area contributed by atoms with Gasteiger partial charge in [0.1, 0.15) is 5.82 Å². The molecule has 0 atom stereocenters. The van der Waals surface area contributed by atoms with Crippen molar-refractivity contribution in [3.05, 3.63) is 66.0 Å². The Labute approximate surface area is 117 Å². The van der Waals surface area contributed by atoms with Gasteiger partial charge in [0.25, 0.3) is 0 Å². The van der Waals surface area contributed by atoms with Gasteiger partial charge in [-0.05, 0) is 25.2 Å². The quantitative estimate of drug-likeness (QED) is 0.780. The summed E-state index contributed by atoms with van der Waals surface area (Å²) < 4.78 is 14.0. The molecule has 1 aromatic heterocycles. The number of aromatic nitrogens is 1. The molecule has 0 spiro atoms. The number of benzene rings is 2. The fourth-order valence-corrected chi connectivity index (χ4v) is 2.27. The number of nitrogens with one attached hydrogen (secondary N) is 1. The molecule has 2 aromatic carbocycles. The number of fused-ring (bicyclic) bond motifs is 1. The highest BCUT2D eigenvalue weighted by Crippen LogP contribution is 2.23. The van der Waals surface area contributed by atoms with Crippen LogP contribution in [0.4, 0.5) is 4.39 Å². The molecule has 0 bridgehead atoms. The monoisotopic (exact) mass is 266 g/mol. The predicted molar refractivity (Wildman–Crippen MR) is 79.9 cm³/mol. The summed E-state index contributed by atoms with van der Waals surface area (Å²) in [5.74, 6) is -0.202. The average Bonchev–Trinajstić information content (AvgIpc) is 2.49. The Kier molecular flexibility index (Phi) is 3.44. The molecule has 1 heterocycles. The first-order valence-corrected chi connectivity index (χ1v) is 6.57. The highest BCUT2D eigenvalue weighted by atomic mass is 19.1. The van der Waals surface area contributed by atoms with Crippen LogP contribution in [0.2, 0.25) is 0 Å². The van der Waals surface area contributed by atoms with E-state index in [1.165, 1.54) is 0 Å². The molecular formula is C17H15FN2. The van der Waals surface area contributed by atoms with Crippen molar-refractivity contribution in [3.63, 3.8) is 0 Å². The van der Waals surface area contributed by atoms with Crippen LogP contribution in [-0.2, 0) is 6.54 Å². The fourth-order valence-electron chi connectivity index (χ4n) is 2.27. The Balaban J connectivity index is 2.04. The number of hydrogen-bond donors (Lipinski definition) is 1. The summed E-state index contributed by atoms with van der Waals surface area (Å²) in [6.45, 7) is 0.525. The first-order valence-electron chi connectivity index (χ1n) is 6.57. The molecule has 20 heavy (non-hydrogen) atoms. The molecule has 0 aliphatic rings. The number of para-hydroxylation sites is 1. The SMILES string of the molecule is CNCc1ccc(-c2ccc3ccccc3n2)cc1F. The van der Waals surface area contributed by atoms with E-state index < -0.39 is 0 Å². The van der Waals surface area contributed by atoms with Gasteiger partial charge in [0.2, 0.25) is 0 Å². The van der Waals surface area contributed by atoms with E-state index in [4.69, 9.17) is 0 Å². The highest BCUT2D eigenvalue weighted by molar-refractivity contribution is 5.81. The molecule has 0 aliphatic heterocycles. The van der Waals surface area contributed by atoms with Crippen LogP contribution < -0.4 is 5.32 Å². The Morgan fingerprint density at radius 2 is 1.90 bits per heavy atom. The lowest BCUT2D eigenvalue weighted by atomic mass is 10.1. The Bertz CT molecular complexity index is 753. The minimum absolute atomic E-state index is 0.202. The molecule has 0 aliphatic carbocycles. The van der Waals surface area contributed by atoms with Crippen LogP contribution in [0, 0.1) is 5.82 Å². The van der Waals surface area contributed by atoms with E-state index in [-0.39, 0.29) is 5.82 Å². The molecule has 0 radical (unpaired) electrons. The molecule has 100 valence electrons. The summed E-state index contributed by atoms with van der Waals surface area (Å²) in [5.41, 5.74) is 3.17. The molecular weight excluding hydrogens is 251 g/mol. The second kappa shape index (κ2) is 5.39. The first-order chi connectivity index (χ1) is 9.78. The lowest BCUT2D eigenvalue weighted by molar-refractivity contribution is 0.601. The van der Waals surface area contributed by atoms with Crippen LogP contribution in [0.3, 0.4) is 0 Å². The van der Waals surface area contributed by atoms with Gasteiger partial charge in [0, 0.05) is 23.1 Å². The van der Waals surface area contributed by atoms with Gasteiger partial charge in [-0.3, -0.25) is 0 Å². The molecule has 0 saturated carbocycles. The zero-order valence-electron chi connectivity index (χ0n) is 11.2. The zero-order chi connectivity index (χ0) is 13.9. The normalized spacial score (nSPS) is 10.9. The second-order valence-electron chi connectivity index (χ2n) is 4.73. The maximum atomic E-state index is 14.0. The standard InChI is InChI=1S/C17H15FN2/c1-19-11-14-7-6-13(10-15(14)18)17-9-8-12-4-2-3-5-16(12)20-17/h2-10,19H,11H2,1H3. The predicted octanol–water partition coefficient (Wildman–Crippen LogP) is 3.76. The highest BCUT2D eigenvalue weighted by Gasteiger charge is 2.06. The Morgan fingerprint density at radius 3 is 2.70 bits per heavy atom. The van der Waals surface area contributed by atoms with Crippen LogP contribution in [0.15, 0.2) is 54.6 Å². The van der Waals surface area contributed by atoms with Crippen molar-refractivity contribution in [3.8, 4) is 11.3 Å². The van der Waals surface area contributed by atoms with Crippen LogP contribution in [-0.4, -0.2) is 12.0 Å². The van der Waals surface area contributed by atoms with Gasteiger partial charge in [-0.1, -0.05) is 36.4 Å². The smallest absolute Gasteiger partial charge is 0.128 e. The molecule has 0 fully saturated rings. The summed E-state index contributed by atoms with van der Waals surface area (Å²) in [6.07, 6.45) is 0. The molecule has 3 rings (SSSR count). The van der Waals surface area contributed by atoms with E-state index in [1.807, 2.05) is 42.5 Å². The minimum Gasteiger partial charge on any atom is -0.316 e. The summed E-state index contributed by atoms with van der Waals surface area (Å²) in [5, 5.41) is 4.04. The van der Waals surface area contributed by atoms with Crippen LogP contribution in [0.5, 0.6) is 0 Å². The van der Waals surface area contributed by atoms with E-state index in [9.17, 15) is 4.39 Å². The van der Waals surface area contributed by atoms with Crippen LogP contribution in [0.1, 0.15) is 5.56 Å². The van der Waals surface area contributed by atoms with Crippen molar-refractivity contribution >= 4 is 10.9 Å². The molecule has 2 nitrogen and oxygen atoms in total. The number of rotatable bonds is 3. The Hall–Kier alpha value is -2.26. The average molecular weight is 266 g/mol. The van der Waals surface area contributed by atoms with Crippen molar-refractivity contribution in [2.75, 3.05) is 7.05 Å². The van der Waals surface area contributed by atoms with E-state index in [2.05, 4.69) is 10.3 Å². The first kappa shape index (κ1) is 12.8. The number of halogens is 1. The maximum absolute atomic E-state index is 14.0. The van der Waals surface area contributed by atoms with Gasteiger partial charge in [-0.15, -0.1) is 0 Å². The molecule has 3 heteroatoms. The minimum atomic E-state index is -0.202. The van der Waals surface area contributed by atoms with E-state index in [0.717, 1.165) is 22.2 Å². The van der Waals surface area contributed by atoms with Crippen LogP contribution in [0.25, 0.3) is 22.2 Å². The summed E-state index contributed by atoms with van der Waals surface area (Å²) in [4.78, 5) is 4.58. The second-order valence-corrected chi connectivity index (χ2v) is 4.73. The van der Waals surface area contributed by atoms with Crippen molar-refractivity contribution in [2.24, 2.45) is 0 Å². The van der Waals surface area contributed by atoms with E-state index in [0.29, 0.717) is 12.1 Å². The Morgan fingerprint density at radius 1 is 1.05 bits per heavy atom. The van der Waals surface area contributed by atoms with Gasteiger partial charge in [-0.2, -0.15) is 0 Å². The lowest BCUT2D eigenvalue weighted by Crippen LogP contribution is -2.06. The fraction of sp³-hybridized carbons (Fsp3) is 0.118. The number of hydrogen-bond acceptors (Lipinski definition) is 2. The molecule has 0 unspecified atom stereocenters. The van der Waals surface area contributed by atoms with Crippen molar-refractivity contribution in [1.82, 2.24) is 10.3 Å². The molecule has 3 aromatic rings. The van der Waals surface area contributed by atoms with E-state index in [1.54, 1.807) is 19.2 Å². The summed E-state index contributed by atoms with van der Waals surface area (Å²) >= 11 is 0. The molecule has 0 amide bonds. The van der Waals surface area contributed by atoms with Gasteiger partial charge in [0.15, 0.2) is 0 Å². The largest absolute Gasteiger partial charge is 0.316 e. The van der Waals surface area contributed by atoms with Gasteiger partial charge < -0.3 is 5.32 Å². The number of nitrogens with zero attached hydrogens (tertiary/aromatic N) is 1.